The molecule has 0 bridgehead atoms. The maximum atomic E-state index is 13.1. The Labute approximate surface area is 209 Å². The number of furan rings is 1. The third-order valence-electron chi connectivity index (χ3n) is 6.28. The van der Waals surface area contributed by atoms with Crippen LogP contribution in [0.5, 0.6) is 0 Å². The highest BCUT2D eigenvalue weighted by Gasteiger charge is 2.31. The number of pyridine rings is 1. The summed E-state index contributed by atoms with van der Waals surface area (Å²) in [5.41, 5.74) is 3.56. The maximum Gasteiger partial charge on any atom is 0.327 e. The Morgan fingerprint density at radius 3 is 2.67 bits per heavy atom. The van der Waals surface area contributed by atoms with E-state index >= 15 is 0 Å². The van der Waals surface area contributed by atoms with Crippen molar-refractivity contribution in [3.05, 3.63) is 75.2 Å². The number of carbonyl (C=O) groups is 1. The maximum absolute atomic E-state index is 13.1. The summed E-state index contributed by atoms with van der Waals surface area (Å²) in [5, 5.41) is 13.1. The van der Waals surface area contributed by atoms with E-state index in [-0.39, 0.29) is 30.7 Å². The minimum atomic E-state index is -0.414. The molecule has 0 spiro atoms. The smallest absolute Gasteiger partial charge is 0.327 e. The van der Waals surface area contributed by atoms with Gasteiger partial charge in [0.25, 0.3) is 5.56 Å². The number of aromatic amines is 1. The zero-order valence-electron chi connectivity index (χ0n) is 21.3. The second-order valence-electron chi connectivity index (χ2n) is 9.32. The molecule has 1 aromatic carbocycles. The topological polar surface area (TPSA) is 119 Å². The molecule has 1 N–H and O–H groups in total. The first-order valence-electron chi connectivity index (χ1n) is 12.1. The van der Waals surface area contributed by atoms with E-state index in [9.17, 15) is 9.59 Å². The lowest BCUT2D eigenvalue weighted by Crippen LogP contribution is -2.35. The van der Waals surface area contributed by atoms with E-state index in [1.807, 2.05) is 31.2 Å². The number of nitrogens with one attached hydrogen (secondary N) is 1. The summed E-state index contributed by atoms with van der Waals surface area (Å²) in [6.07, 6.45) is 1.62. The van der Waals surface area contributed by atoms with Gasteiger partial charge in [-0.1, -0.05) is 13.8 Å². The standard InChI is InChI=1S/C26H32N6O4/c1-6-35-23(33)15-32-25(28-29-30-32)24(16(2)3)31(14-21-8-7-9-36-21)13-20-12-19-10-17(4)18(5)11-22(19)27-26(20)34/h7-12,16,24H,6,13-15H2,1-5H3,(H,27,34)/t24-/m1/s1. The molecule has 10 nitrogen and oxygen atoms in total. The fourth-order valence-corrected chi connectivity index (χ4v) is 4.46. The summed E-state index contributed by atoms with van der Waals surface area (Å²) < 4.78 is 12.2. The molecule has 36 heavy (non-hydrogen) atoms. The van der Waals surface area contributed by atoms with Crippen molar-refractivity contribution >= 4 is 16.9 Å². The van der Waals surface area contributed by atoms with Crippen LogP contribution in [0.3, 0.4) is 0 Å². The number of esters is 1. The first-order chi connectivity index (χ1) is 17.3. The van der Waals surface area contributed by atoms with E-state index < -0.39 is 5.97 Å². The minimum Gasteiger partial charge on any atom is -0.468 e. The van der Waals surface area contributed by atoms with Crippen LogP contribution in [-0.2, 0) is 29.2 Å². The van der Waals surface area contributed by atoms with Gasteiger partial charge in [0.05, 0.1) is 25.5 Å². The first-order valence-corrected chi connectivity index (χ1v) is 12.1. The molecule has 190 valence electrons. The SMILES string of the molecule is CCOC(=O)Cn1nnnc1[C@@H](C(C)C)N(Cc1ccco1)Cc1cc2cc(C)c(C)cc2[nH]c1=O. The van der Waals surface area contributed by atoms with Gasteiger partial charge >= 0.3 is 5.97 Å². The van der Waals surface area contributed by atoms with Gasteiger partial charge in [0, 0.05) is 17.6 Å². The van der Waals surface area contributed by atoms with Crippen LogP contribution in [0, 0.1) is 19.8 Å². The van der Waals surface area contributed by atoms with Crippen molar-refractivity contribution in [2.24, 2.45) is 5.92 Å². The molecule has 4 rings (SSSR count). The lowest BCUT2D eigenvalue weighted by atomic mass is 9.99. The van der Waals surface area contributed by atoms with Gasteiger partial charge in [-0.05, 0) is 84.0 Å². The zero-order chi connectivity index (χ0) is 25.8. The molecule has 0 saturated heterocycles. The van der Waals surface area contributed by atoms with Gasteiger partial charge in [0.2, 0.25) is 0 Å². The van der Waals surface area contributed by atoms with Crippen molar-refractivity contribution in [1.29, 1.82) is 0 Å². The van der Waals surface area contributed by atoms with Crippen LogP contribution >= 0.6 is 0 Å². The summed E-state index contributed by atoms with van der Waals surface area (Å²) in [4.78, 5) is 30.4. The third kappa shape index (κ3) is 5.54. The number of aromatic nitrogens is 5. The highest BCUT2D eigenvalue weighted by atomic mass is 16.5. The zero-order valence-corrected chi connectivity index (χ0v) is 21.3. The van der Waals surface area contributed by atoms with Gasteiger partial charge in [-0.3, -0.25) is 14.5 Å². The van der Waals surface area contributed by atoms with Crippen molar-refractivity contribution in [2.75, 3.05) is 6.61 Å². The Morgan fingerprint density at radius 2 is 1.97 bits per heavy atom. The van der Waals surface area contributed by atoms with Crippen LogP contribution < -0.4 is 5.56 Å². The molecule has 0 radical (unpaired) electrons. The molecule has 0 saturated carbocycles. The monoisotopic (exact) mass is 492 g/mol. The molecule has 3 aromatic heterocycles. The summed E-state index contributed by atoms with van der Waals surface area (Å²) in [5.74, 6) is 0.904. The van der Waals surface area contributed by atoms with E-state index in [1.54, 1.807) is 13.2 Å². The Balaban J connectivity index is 1.74. The van der Waals surface area contributed by atoms with E-state index in [1.165, 1.54) is 4.68 Å². The molecule has 1 atom stereocenters. The minimum absolute atomic E-state index is 0.0522. The van der Waals surface area contributed by atoms with E-state index in [4.69, 9.17) is 9.15 Å². The largest absolute Gasteiger partial charge is 0.468 e. The average Bonchev–Trinajstić information content (AvgIpc) is 3.48. The average molecular weight is 493 g/mol. The Kier molecular flexibility index (Phi) is 7.64. The predicted octanol–water partition coefficient (Wildman–Crippen LogP) is 3.69. The number of rotatable bonds is 10. The normalized spacial score (nSPS) is 12.5. The lowest BCUT2D eigenvalue weighted by Gasteiger charge is -2.32. The summed E-state index contributed by atoms with van der Waals surface area (Å²) >= 11 is 0. The van der Waals surface area contributed by atoms with Crippen molar-refractivity contribution in [3.8, 4) is 0 Å². The van der Waals surface area contributed by atoms with Crippen molar-refractivity contribution in [3.63, 3.8) is 0 Å². The van der Waals surface area contributed by atoms with Crippen molar-refractivity contribution in [2.45, 2.75) is 60.3 Å². The van der Waals surface area contributed by atoms with Crippen LogP contribution in [0.4, 0.5) is 0 Å². The van der Waals surface area contributed by atoms with Crippen molar-refractivity contribution in [1.82, 2.24) is 30.1 Å². The number of hydrogen-bond donors (Lipinski definition) is 1. The first kappa shape index (κ1) is 25.3. The Hall–Kier alpha value is -3.79. The van der Waals surface area contributed by atoms with E-state index in [0.29, 0.717) is 24.5 Å². The number of tetrazole rings is 1. The van der Waals surface area contributed by atoms with Gasteiger partial charge in [0.1, 0.15) is 12.3 Å². The molecule has 0 aliphatic carbocycles. The van der Waals surface area contributed by atoms with Gasteiger partial charge in [-0.2, -0.15) is 0 Å². The predicted molar refractivity (Wildman–Crippen MR) is 134 cm³/mol. The molecule has 0 fully saturated rings. The summed E-state index contributed by atoms with van der Waals surface area (Å²) in [6, 6.07) is 9.43. The van der Waals surface area contributed by atoms with Gasteiger partial charge < -0.3 is 14.1 Å². The molecule has 0 aliphatic rings. The fraction of sp³-hybridized carbons (Fsp3) is 0.423. The molecule has 10 heteroatoms. The molecule has 3 heterocycles. The highest BCUT2D eigenvalue weighted by Crippen LogP contribution is 2.30. The summed E-state index contributed by atoms with van der Waals surface area (Å²) in [6.45, 7) is 10.9. The van der Waals surface area contributed by atoms with Gasteiger partial charge in [-0.15, -0.1) is 5.10 Å². The summed E-state index contributed by atoms with van der Waals surface area (Å²) in [7, 11) is 0. The van der Waals surface area contributed by atoms with Crippen LogP contribution in [0.25, 0.3) is 10.9 Å². The number of ether oxygens (including phenoxy) is 1. The second kappa shape index (κ2) is 10.9. The lowest BCUT2D eigenvalue weighted by molar-refractivity contribution is -0.144. The van der Waals surface area contributed by atoms with Crippen LogP contribution in [-0.4, -0.2) is 42.7 Å². The molecular formula is C26H32N6O4. The highest BCUT2D eigenvalue weighted by molar-refractivity contribution is 5.80. The Bertz CT molecular complexity index is 1390. The Morgan fingerprint density at radius 1 is 1.19 bits per heavy atom. The number of fused-ring (bicyclic) bond motifs is 1. The quantitative estimate of drug-likeness (QED) is 0.333. The number of hydrogen-bond acceptors (Lipinski definition) is 8. The number of benzene rings is 1. The van der Waals surface area contributed by atoms with Gasteiger partial charge in [-0.25, -0.2) is 4.68 Å². The number of H-pyrrole nitrogens is 1. The third-order valence-corrected chi connectivity index (χ3v) is 6.28. The number of carbonyl (C=O) groups excluding carboxylic acids is 1. The van der Waals surface area contributed by atoms with E-state index in [2.05, 4.69) is 52.2 Å². The molecule has 0 amide bonds. The molecular weight excluding hydrogens is 460 g/mol. The molecule has 4 aromatic rings. The number of aryl methyl sites for hydroxylation is 2. The molecule has 0 aliphatic heterocycles. The van der Waals surface area contributed by atoms with Crippen molar-refractivity contribution < 1.29 is 13.9 Å². The fourth-order valence-electron chi connectivity index (χ4n) is 4.46. The van der Waals surface area contributed by atoms with Crippen LogP contribution in [0.1, 0.15) is 55.1 Å². The van der Waals surface area contributed by atoms with Crippen LogP contribution in [0.2, 0.25) is 0 Å². The molecule has 0 unspecified atom stereocenters. The van der Waals surface area contributed by atoms with Gasteiger partial charge in [0.15, 0.2) is 5.82 Å². The number of nitrogens with zero attached hydrogens (tertiary/aromatic N) is 5. The van der Waals surface area contributed by atoms with Crippen LogP contribution in [0.15, 0.2) is 45.8 Å². The second-order valence-corrected chi connectivity index (χ2v) is 9.32. The van der Waals surface area contributed by atoms with E-state index in [0.717, 1.165) is 27.8 Å².